The molecule has 1 aliphatic heterocycles. The second-order valence-electron chi connectivity index (χ2n) is 7.23. The molecular weight excluding hydrogens is 378 g/mol. The summed E-state index contributed by atoms with van der Waals surface area (Å²) < 4.78 is 32.8. The number of carbonyl (C=O) groups is 1. The Hall–Kier alpha value is -2.16. The molecule has 7 nitrogen and oxygen atoms in total. The van der Waals surface area contributed by atoms with Crippen LogP contribution >= 0.6 is 0 Å². The molecule has 0 amide bonds. The first-order valence-electron chi connectivity index (χ1n) is 9.32. The molecule has 1 aliphatic rings. The lowest BCUT2D eigenvalue weighted by atomic mass is 10.0. The van der Waals surface area contributed by atoms with E-state index in [0.29, 0.717) is 17.1 Å². The molecule has 1 aromatic heterocycles. The smallest absolute Gasteiger partial charge is 0.354 e. The van der Waals surface area contributed by atoms with Crippen molar-refractivity contribution in [2.24, 2.45) is 0 Å². The van der Waals surface area contributed by atoms with Crippen molar-refractivity contribution in [3.05, 3.63) is 53.9 Å². The summed E-state index contributed by atoms with van der Waals surface area (Å²) in [6.45, 7) is 2.47. The largest absolute Gasteiger partial charge is 0.464 e. The molecule has 0 N–H and O–H groups in total. The number of likely N-dealkylation sites (tertiary alicyclic amines) is 1. The Morgan fingerprint density at radius 1 is 1.18 bits per heavy atom. The lowest BCUT2D eigenvalue weighted by Crippen LogP contribution is -2.34. The van der Waals surface area contributed by atoms with E-state index in [2.05, 4.69) is 4.90 Å². The second kappa shape index (κ2) is 8.46. The molecule has 0 radical (unpaired) electrons. The molecule has 0 atom stereocenters. The highest BCUT2D eigenvalue weighted by Gasteiger charge is 2.24. The zero-order valence-electron chi connectivity index (χ0n) is 16.5. The molecule has 2 heterocycles. The third-order valence-electron chi connectivity index (χ3n) is 5.21. The molecule has 0 saturated carbocycles. The molecule has 3 rings (SSSR count). The molecule has 1 fully saturated rings. The fourth-order valence-electron chi connectivity index (χ4n) is 3.62. The maximum Gasteiger partial charge on any atom is 0.354 e. The molecule has 152 valence electrons. The van der Waals surface area contributed by atoms with E-state index in [-0.39, 0.29) is 12.0 Å². The van der Waals surface area contributed by atoms with Gasteiger partial charge in [0, 0.05) is 46.0 Å². The first-order valence-corrected chi connectivity index (χ1v) is 10.8. The van der Waals surface area contributed by atoms with E-state index in [9.17, 15) is 13.2 Å². The fraction of sp³-hybridized carbons (Fsp3) is 0.450. The predicted octanol–water partition coefficient (Wildman–Crippen LogP) is 2.36. The standard InChI is InChI=1S/C20H27N3O4S/c1-21(2)28(25,26)18-7-4-6-16(14-18)15-22-12-9-17(10-13-22)23-11-5-8-19(23)20(24)27-3/h4-8,11,14,17H,9-10,12-13,15H2,1-3H3. The topological polar surface area (TPSA) is 71.8 Å². The van der Waals surface area contributed by atoms with Gasteiger partial charge >= 0.3 is 5.97 Å². The molecule has 0 bridgehead atoms. The zero-order valence-corrected chi connectivity index (χ0v) is 17.4. The second-order valence-corrected chi connectivity index (χ2v) is 9.39. The molecule has 2 aromatic rings. The van der Waals surface area contributed by atoms with Crippen LogP contribution in [-0.2, 0) is 21.3 Å². The van der Waals surface area contributed by atoms with Gasteiger partial charge in [0.15, 0.2) is 0 Å². The van der Waals surface area contributed by atoms with Crippen LogP contribution in [0.25, 0.3) is 0 Å². The lowest BCUT2D eigenvalue weighted by molar-refractivity contribution is 0.0581. The normalized spacial score (nSPS) is 16.4. The van der Waals surface area contributed by atoms with E-state index in [1.54, 1.807) is 24.3 Å². The minimum absolute atomic E-state index is 0.265. The number of ether oxygens (including phenoxy) is 1. The fourth-order valence-corrected chi connectivity index (χ4v) is 4.59. The molecule has 0 unspecified atom stereocenters. The Bertz CT molecular complexity index is 928. The monoisotopic (exact) mass is 405 g/mol. The minimum Gasteiger partial charge on any atom is -0.464 e. The maximum atomic E-state index is 12.3. The first-order chi connectivity index (χ1) is 13.3. The average molecular weight is 406 g/mol. The van der Waals surface area contributed by atoms with Crippen molar-refractivity contribution < 1.29 is 17.9 Å². The Kier molecular flexibility index (Phi) is 6.22. The number of sulfonamides is 1. The van der Waals surface area contributed by atoms with Gasteiger partial charge in [-0.2, -0.15) is 0 Å². The van der Waals surface area contributed by atoms with E-state index < -0.39 is 10.0 Å². The van der Waals surface area contributed by atoms with Gasteiger partial charge in [0.2, 0.25) is 10.0 Å². The SMILES string of the molecule is COC(=O)c1cccn1C1CCN(Cc2cccc(S(=O)(=O)N(C)C)c2)CC1. The number of esters is 1. The van der Waals surface area contributed by atoms with Gasteiger partial charge in [-0.1, -0.05) is 12.1 Å². The molecular formula is C20H27N3O4S. The van der Waals surface area contributed by atoms with Crippen molar-refractivity contribution in [3.8, 4) is 0 Å². The van der Waals surface area contributed by atoms with Crippen LogP contribution in [-0.4, -0.2) is 62.5 Å². The molecule has 0 aliphatic carbocycles. The van der Waals surface area contributed by atoms with Crippen LogP contribution in [0.1, 0.15) is 34.9 Å². The third kappa shape index (κ3) is 4.29. The van der Waals surface area contributed by atoms with Crippen LogP contribution in [0, 0.1) is 0 Å². The van der Waals surface area contributed by atoms with Gasteiger partial charge in [0.1, 0.15) is 5.69 Å². The number of rotatable bonds is 6. The number of benzene rings is 1. The van der Waals surface area contributed by atoms with Crippen molar-refractivity contribution in [3.63, 3.8) is 0 Å². The average Bonchev–Trinajstić information content (AvgIpc) is 3.18. The maximum absolute atomic E-state index is 12.3. The number of carbonyl (C=O) groups excluding carboxylic acids is 1. The van der Waals surface area contributed by atoms with Gasteiger partial charge < -0.3 is 9.30 Å². The van der Waals surface area contributed by atoms with E-state index >= 15 is 0 Å². The number of aromatic nitrogens is 1. The van der Waals surface area contributed by atoms with Crippen molar-refractivity contribution in [2.45, 2.75) is 30.3 Å². The molecule has 8 heteroatoms. The summed E-state index contributed by atoms with van der Waals surface area (Å²) in [6, 6.07) is 11.1. The van der Waals surface area contributed by atoms with Gasteiger partial charge in [-0.25, -0.2) is 17.5 Å². The number of piperidine rings is 1. The highest BCUT2D eigenvalue weighted by Crippen LogP contribution is 2.26. The molecule has 0 spiro atoms. The van der Waals surface area contributed by atoms with Gasteiger partial charge in [0.05, 0.1) is 12.0 Å². The summed E-state index contributed by atoms with van der Waals surface area (Å²) in [5.41, 5.74) is 1.57. The van der Waals surface area contributed by atoms with Crippen molar-refractivity contribution in [1.29, 1.82) is 0 Å². The van der Waals surface area contributed by atoms with Gasteiger partial charge in [-0.15, -0.1) is 0 Å². The van der Waals surface area contributed by atoms with E-state index in [0.717, 1.165) is 31.5 Å². The zero-order chi connectivity index (χ0) is 20.3. The predicted molar refractivity (Wildman–Crippen MR) is 107 cm³/mol. The van der Waals surface area contributed by atoms with Crippen LogP contribution in [0.15, 0.2) is 47.5 Å². The van der Waals surface area contributed by atoms with E-state index in [1.807, 2.05) is 22.9 Å². The van der Waals surface area contributed by atoms with Crippen LogP contribution in [0.2, 0.25) is 0 Å². The number of nitrogens with zero attached hydrogens (tertiary/aromatic N) is 3. The Labute approximate surface area is 166 Å². The van der Waals surface area contributed by atoms with Crippen LogP contribution in [0.5, 0.6) is 0 Å². The van der Waals surface area contributed by atoms with Gasteiger partial charge in [0.25, 0.3) is 0 Å². The summed E-state index contributed by atoms with van der Waals surface area (Å²) in [6.07, 6.45) is 3.78. The quantitative estimate of drug-likeness (QED) is 0.690. The van der Waals surface area contributed by atoms with E-state index in [4.69, 9.17) is 4.74 Å². The summed E-state index contributed by atoms with van der Waals surface area (Å²) in [5, 5.41) is 0. The van der Waals surface area contributed by atoms with Crippen molar-refractivity contribution >= 4 is 16.0 Å². The highest BCUT2D eigenvalue weighted by atomic mass is 32.2. The minimum atomic E-state index is -3.43. The van der Waals surface area contributed by atoms with E-state index in [1.165, 1.54) is 25.5 Å². The third-order valence-corrected chi connectivity index (χ3v) is 7.02. The number of hydrogen-bond acceptors (Lipinski definition) is 5. The molecule has 1 aromatic carbocycles. The lowest BCUT2D eigenvalue weighted by Gasteiger charge is -2.33. The Morgan fingerprint density at radius 2 is 1.89 bits per heavy atom. The van der Waals surface area contributed by atoms with Crippen molar-refractivity contribution in [1.82, 2.24) is 13.8 Å². The summed E-state index contributed by atoms with van der Waals surface area (Å²) >= 11 is 0. The number of methoxy groups -OCH3 is 1. The Morgan fingerprint density at radius 3 is 2.54 bits per heavy atom. The first kappa shape index (κ1) is 20.6. The van der Waals surface area contributed by atoms with Crippen LogP contribution in [0.4, 0.5) is 0 Å². The Balaban J connectivity index is 1.64. The van der Waals surface area contributed by atoms with Gasteiger partial charge in [-0.05, 0) is 42.7 Å². The summed E-state index contributed by atoms with van der Waals surface area (Å²) in [7, 11) is 1.05. The summed E-state index contributed by atoms with van der Waals surface area (Å²) in [5.74, 6) is -0.314. The molecule has 1 saturated heterocycles. The highest BCUT2D eigenvalue weighted by molar-refractivity contribution is 7.89. The van der Waals surface area contributed by atoms with Crippen molar-refractivity contribution in [2.75, 3.05) is 34.3 Å². The number of hydrogen-bond donors (Lipinski definition) is 0. The van der Waals surface area contributed by atoms with Gasteiger partial charge in [-0.3, -0.25) is 4.90 Å². The summed E-state index contributed by atoms with van der Waals surface area (Å²) in [4.78, 5) is 14.5. The molecule has 28 heavy (non-hydrogen) atoms. The van der Waals surface area contributed by atoms with Crippen LogP contribution < -0.4 is 0 Å². The van der Waals surface area contributed by atoms with Crippen LogP contribution in [0.3, 0.4) is 0 Å².